The van der Waals surface area contributed by atoms with Crippen molar-refractivity contribution in [1.82, 2.24) is 0 Å². The number of aryl methyl sites for hydroxylation is 1. The minimum absolute atomic E-state index is 0.228. The van der Waals surface area contributed by atoms with E-state index in [9.17, 15) is 8.78 Å². The molecule has 2 N–H and O–H groups in total. The van der Waals surface area contributed by atoms with Gasteiger partial charge in [0, 0.05) is 5.54 Å². The van der Waals surface area contributed by atoms with Crippen LogP contribution in [0.5, 0.6) is 0 Å². The summed E-state index contributed by atoms with van der Waals surface area (Å²) in [5, 5.41) is 0. The van der Waals surface area contributed by atoms with E-state index in [-0.39, 0.29) is 11.6 Å². The van der Waals surface area contributed by atoms with Crippen LogP contribution in [-0.4, -0.2) is 0 Å². The second-order valence-electron chi connectivity index (χ2n) is 5.26. The molecule has 0 amide bonds. The first kappa shape index (κ1) is 12.3. The molecular formula is C16H15F2N. The second kappa shape index (κ2) is 4.42. The molecule has 3 rings (SSSR count). The van der Waals surface area contributed by atoms with E-state index < -0.39 is 5.54 Å². The topological polar surface area (TPSA) is 26.0 Å². The van der Waals surface area contributed by atoms with Gasteiger partial charge in [-0.2, -0.15) is 0 Å². The monoisotopic (exact) mass is 259 g/mol. The summed E-state index contributed by atoms with van der Waals surface area (Å²) in [5.41, 5.74) is 8.77. The van der Waals surface area contributed by atoms with Crippen molar-refractivity contribution in [3.63, 3.8) is 0 Å². The summed E-state index contributed by atoms with van der Waals surface area (Å²) in [4.78, 5) is 0. The molecule has 1 aliphatic rings. The van der Waals surface area contributed by atoms with Gasteiger partial charge in [-0.1, -0.05) is 18.2 Å². The highest BCUT2D eigenvalue weighted by Gasteiger charge is 2.35. The third-order valence-corrected chi connectivity index (χ3v) is 3.85. The highest BCUT2D eigenvalue weighted by molar-refractivity contribution is 5.40. The van der Waals surface area contributed by atoms with E-state index in [0.29, 0.717) is 6.42 Å². The number of benzene rings is 2. The number of hydrogen-bond acceptors (Lipinski definition) is 1. The molecule has 3 heteroatoms. The normalized spacial score (nSPS) is 21.4. The Morgan fingerprint density at radius 1 is 1.05 bits per heavy atom. The van der Waals surface area contributed by atoms with Crippen LogP contribution in [0.4, 0.5) is 8.78 Å². The van der Waals surface area contributed by atoms with Crippen LogP contribution in [0, 0.1) is 11.6 Å². The Hall–Kier alpha value is -1.74. The molecule has 0 aromatic heterocycles. The lowest BCUT2D eigenvalue weighted by molar-refractivity contribution is 0.438. The van der Waals surface area contributed by atoms with Crippen molar-refractivity contribution in [1.29, 1.82) is 0 Å². The van der Waals surface area contributed by atoms with Gasteiger partial charge in [0.1, 0.15) is 11.6 Å². The second-order valence-corrected chi connectivity index (χ2v) is 5.26. The van der Waals surface area contributed by atoms with Crippen molar-refractivity contribution in [2.75, 3.05) is 0 Å². The van der Waals surface area contributed by atoms with Gasteiger partial charge in [0.05, 0.1) is 0 Å². The number of nitrogens with two attached hydrogens (primary N) is 1. The summed E-state index contributed by atoms with van der Waals surface area (Å²) >= 11 is 0. The zero-order valence-corrected chi connectivity index (χ0v) is 10.5. The molecule has 0 radical (unpaired) electrons. The minimum atomic E-state index is -0.517. The third-order valence-electron chi connectivity index (χ3n) is 3.85. The fourth-order valence-electron chi connectivity index (χ4n) is 2.94. The van der Waals surface area contributed by atoms with E-state index in [1.165, 1.54) is 18.2 Å². The number of hydrogen-bond donors (Lipinski definition) is 1. The fraction of sp³-hybridized carbons (Fsp3) is 0.250. The summed E-state index contributed by atoms with van der Waals surface area (Å²) < 4.78 is 26.4. The van der Waals surface area contributed by atoms with Crippen LogP contribution in [0.1, 0.15) is 23.1 Å². The van der Waals surface area contributed by atoms with Crippen molar-refractivity contribution in [2.45, 2.75) is 24.8 Å². The Labute approximate surface area is 111 Å². The molecule has 0 bridgehead atoms. The van der Waals surface area contributed by atoms with Gasteiger partial charge in [-0.25, -0.2) is 8.78 Å². The molecule has 0 heterocycles. The molecule has 1 unspecified atom stereocenters. The average molecular weight is 259 g/mol. The van der Waals surface area contributed by atoms with Crippen molar-refractivity contribution >= 4 is 0 Å². The van der Waals surface area contributed by atoms with Gasteiger partial charge in [-0.3, -0.25) is 0 Å². The van der Waals surface area contributed by atoms with Crippen molar-refractivity contribution in [3.8, 4) is 0 Å². The first-order valence-corrected chi connectivity index (χ1v) is 6.39. The quantitative estimate of drug-likeness (QED) is 0.879. The summed E-state index contributed by atoms with van der Waals surface area (Å²) in [6.45, 7) is 0. The maximum Gasteiger partial charge on any atom is 0.123 e. The van der Waals surface area contributed by atoms with Gasteiger partial charge in [0.15, 0.2) is 0 Å². The van der Waals surface area contributed by atoms with Gasteiger partial charge >= 0.3 is 0 Å². The van der Waals surface area contributed by atoms with E-state index >= 15 is 0 Å². The molecular weight excluding hydrogens is 244 g/mol. The van der Waals surface area contributed by atoms with E-state index in [1.807, 2.05) is 6.07 Å². The number of rotatable bonds is 2. The number of halogens is 2. The predicted molar refractivity (Wildman–Crippen MR) is 70.7 cm³/mol. The lowest BCUT2D eigenvalue weighted by Crippen LogP contribution is -2.36. The fourth-order valence-corrected chi connectivity index (χ4v) is 2.94. The van der Waals surface area contributed by atoms with Crippen LogP contribution in [-0.2, 0) is 18.4 Å². The smallest absolute Gasteiger partial charge is 0.123 e. The summed E-state index contributed by atoms with van der Waals surface area (Å²) in [5.74, 6) is -0.479. The van der Waals surface area contributed by atoms with Gasteiger partial charge in [-0.15, -0.1) is 0 Å². The molecule has 1 aliphatic carbocycles. The van der Waals surface area contributed by atoms with E-state index in [2.05, 4.69) is 0 Å². The summed E-state index contributed by atoms with van der Waals surface area (Å²) in [7, 11) is 0. The highest BCUT2D eigenvalue weighted by Crippen LogP contribution is 2.37. The molecule has 1 nitrogen and oxygen atoms in total. The SMILES string of the molecule is NC1(Cc2cccc(F)c2)CCc2cc(F)ccc21. The van der Waals surface area contributed by atoms with Crippen molar-refractivity contribution < 1.29 is 8.78 Å². The van der Waals surface area contributed by atoms with E-state index in [4.69, 9.17) is 5.73 Å². The average Bonchev–Trinajstić information content (AvgIpc) is 2.66. The maximum absolute atomic E-state index is 13.2. The van der Waals surface area contributed by atoms with Crippen LogP contribution in [0.15, 0.2) is 42.5 Å². The molecule has 1 atom stereocenters. The molecule has 98 valence electrons. The van der Waals surface area contributed by atoms with Gasteiger partial charge in [0.25, 0.3) is 0 Å². The minimum Gasteiger partial charge on any atom is -0.321 e. The van der Waals surface area contributed by atoms with Crippen LogP contribution in [0.3, 0.4) is 0 Å². The van der Waals surface area contributed by atoms with Crippen LogP contribution in [0.2, 0.25) is 0 Å². The van der Waals surface area contributed by atoms with Crippen LogP contribution < -0.4 is 5.73 Å². The molecule has 2 aromatic carbocycles. The van der Waals surface area contributed by atoms with Crippen molar-refractivity contribution in [3.05, 3.63) is 70.8 Å². The molecule has 0 saturated heterocycles. The molecule has 19 heavy (non-hydrogen) atoms. The summed E-state index contributed by atoms with van der Waals surface area (Å²) in [6, 6.07) is 11.2. The van der Waals surface area contributed by atoms with E-state index in [0.717, 1.165) is 29.5 Å². The maximum atomic E-state index is 13.2. The van der Waals surface area contributed by atoms with Gasteiger partial charge < -0.3 is 5.73 Å². The Morgan fingerprint density at radius 3 is 2.63 bits per heavy atom. The Morgan fingerprint density at radius 2 is 1.84 bits per heavy atom. The summed E-state index contributed by atoms with van der Waals surface area (Å²) in [6.07, 6.45) is 2.12. The molecule has 0 spiro atoms. The highest BCUT2D eigenvalue weighted by atomic mass is 19.1. The molecule has 2 aromatic rings. The molecule has 0 aliphatic heterocycles. The lowest BCUT2D eigenvalue weighted by Gasteiger charge is -2.25. The van der Waals surface area contributed by atoms with Gasteiger partial charge in [-0.05, 0) is 60.2 Å². The zero-order chi connectivity index (χ0) is 13.5. The molecule has 0 fully saturated rings. The Kier molecular flexibility index (Phi) is 2.86. The number of fused-ring (bicyclic) bond motifs is 1. The zero-order valence-electron chi connectivity index (χ0n) is 10.5. The van der Waals surface area contributed by atoms with Crippen LogP contribution in [0.25, 0.3) is 0 Å². The van der Waals surface area contributed by atoms with Crippen molar-refractivity contribution in [2.24, 2.45) is 5.73 Å². The standard InChI is InChI=1S/C16H15F2N/c17-13-3-1-2-11(8-13)10-16(19)7-6-12-9-14(18)4-5-15(12)16/h1-5,8-9H,6-7,10,19H2. The first-order chi connectivity index (χ1) is 9.07. The molecule has 0 saturated carbocycles. The Bertz CT molecular complexity index is 624. The third kappa shape index (κ3) is 2.26. The van der Waals surface area contributed by atoms with E-state index in [1.54, 1.807) is 18.2 Å². The Balaban J connectivity index is 1.94. The first-order valence-electron chi connectivity index (χ1n) is 6.39. The van der Waals surface area contributed by atoms with Crippen LogP contribution >= 0.6 is 0 Å². The predicted octanol–water partition coefficient (Wildman–Crippen LogP) is 3.31. The lowest BCUT2D eigenvalue weighted by atomic mass is 9.86. The largest absolute Gasteiger partial charge is 0.321 e. The van der Waals surface area contributed by atoms with Gasteiger partial charge in [0.2, 0.25) is 0 Å².